The Kier molecular flexibility index (Phi) is 6.72. The second kappa shape index (κ2) is 10.1. The van der Waals surface area contributed by atoms with Gasteiger partial charge in [0, 0.05) is 12.5 Å². The summed E-state index contributed by atoms with van der Waals surface area (Å²) in [6, 6.07) is 15.7. The summed E-state index contributed by atoms with van der Waals surface area (Å²) in [7, 11) is 0. The predicted molar refractivity (Wildman–Crippen MR) is 128 cm³/mol. The smallest absolute Gasteiger partial charge is 0.407 e. The molecule has 5 rings (SSSR count). The van der Waals surface area contributed by atoms with Crippen LogP contribution in [0.15, 0.2) is 48.5 Å². The molecule has 8 heteroatoms. The van der Waals surface area contributed by atoms with E-state index in [1.54, 1.807) is 0 Å². The van der Waals surface area contributed by atoms with Gasteiger partial charge in [0.15, 0.2) is 0 Å². The molecule has 35 heavy (non-hydrogen) atoms. The minimum Gasteiger partial charge on any atom is -0.481 e. The summed E-state index contributed by atoms with van der Waals surface area (Å²) in [5.74, 6) is -2.28. The van der Waals surface area contributed by atoms with E-state index in [1.807, 2.05) is 24.3 Å². The fraction of sp³-hybridized carbons (Fsp3) is 0.444. The summed E-state index contributed by atoms with van der Waals surface area (Å²) in [4.78, 5) is 37.0. The Morgan fingerprint density at radius 1 is 1.00 bits per heavy atom. The molecule has 2 aromatic carbocycles. The lowest BCUT2D eigenvalue weighted by molar-refractivity contribution is -0.142. The van der Waals surface area contributed by atoms with E-state index in [0.717, 1.165) is 41.5 Å². The predicted octanol–water partition coefficient (Wildman–Crippen LogP) is 3.16. The molecule has 3 aliphatic rings. The van der Waals surface area contributed by atoms with Crippen molar-refractivity contribution in [3.8, 4) is 11.1 Å². The van der Waals surface area contributed by atoms with Crippen molar-refractivity contribution < 1.29 is 29.0 Å². The van der Waals surface area contributed by atoms with E-state index in [0.29, 0.717) is 0 Å². The number of carbonyl (C=O) groups is 3. The minimum atomic E-state index is -0.982. The molecule has 3 N–H and O–H groups in total. The van der Waals surface area contributed by atoms with Crippen LogP contribution in [0, 0.1) is 17.8 Å². The zero-order chi connectivity index (χ0) is 24.4. The van der Waals surface area contributed by atoms with E-state index >= 15 is 0 Å². The number of ether oxygens (including phenoxy) is 2. The number of carboxylic acids is 1. The highest BCUT2D eigenvalue weighted by atomic mass is 16.5. The van der Waals surface area contributed by atoms with Gasteiger partial charge in [0.1, 0.15) is 12.5 Å². The van der Waals surface area contributed by atoms with Crippen LogP contribution >= 0.6 is 0 Å². The molecule has 3 atom stereocenters. The van der Waals surface area contributed by atoms with E-state index in [1.165, 1.54) is 0 Å². The highest BCUT2D eigenvalue weighted by molar-refractivity contribution is 5.82. The number of alkyl carbamates (subject to hydrolysis) is 1. The van der Waals surface area contributed by atoms with Crippen molar-refractivity contribution in [1.82, 2.24) is 10.6 Å². The average molecular weight is 479 g/mol. The molecule has 1 saturated heterocycles. The Balaban J connectivity index is 1.18. The van der Waals surface area contributed by atoms with Crippen molar-refractivity contribution in [2.45, 2.75) is 31.2 Å². The molecular weight excluding hydrogens is 448 g/mol. The summed E-state index contributed by atoms with van der Waals surface area (Å²) in [5.41, 5.74) is 4.60. The zero-order valence-corrected chi connectivity index (χ0v) is 19.4. The number of hydrogen-bond acceptors (Lipinski definition) is 5. The van der Waals surface area contributed by atoms with Crippen LogP contribution in [0.4, 0.5) is 4.79 Å². The maximum absolute atomic E-state index is 13.0. The SMILES string of the molecule is O=C(NCC(C(=O)NC1COCC1C(=O)O)C1CCC1)OCC1c2ccccc2-c2ccccc21. The molecule has 2 fully saturated rings. The van der Waals surface area contributed by atoms with Crippen molar-refractivity contribution >= 4 is 18.0 Å². The van der Waals surface area contributed by atoms with Crippen LogP contribution in [-0.4, -0.2) is 55.5 Å². The first-order valence-electron chi connectivity index (χ1n) is 12.2. The number of hydrogen-bond donors (Lipinski definition) is 3. The number of rotatable bonds is 8. The highest BCUT2D eigenvalue weighted by Gasteiger charge is 2.39. The van der Waals surface area contributed by atoms with Crippen LogP contribution in [0.5, 0.6) is 0 Å². The van der Waals surface area contributed by atoms with E-state index < -0.39 is 29.9 Å². The third kappa shape index (κ3) is 4.75. The lowest BCUT2D eigenvalue weighted by Crippen LogP contribution is -2.50. The van der Waals surface area contributed by atoms with Gasteiger partial charge in [-0.15, -0.1) is 0 Å². The monoisotopic (exact) mass is 478 g/mol. The van der Waals surface area contributed by atoms with E-state index in [-0.39, 0.29) is 44.1 Å². The van der Waals surface area contributed by atoms with E-state index in [4.69, 9.17) is 9.47 Å². The molecular formula is C27H30N2O6. The first-order valence-corrected chi connectivity index (χ1v) is 12.2. The molecule has 0 radical (unpaired) electrons. The van der Waals surface area contributed by atoms with Gasteiger partial charge in [-0.25, -0.2) is 4.79 Å². The Labute approximate surface area is 204 Å². The topological polar surface area (TPSA) is 114 Å². The normalized spacial score (nSPS) is 21.9. The van der Waals surface area contributed by atoms with Gasteiger partial charge in [-0.3, -0.25) is 9.59 Å². The van der Waals surface area contributed by atoms with Crippen LogP contribution in [-0.2, 0) is 19.1 Å². The van der Waals surface area contributed by atoms with Crippen molar-refractivity contribution in [1.29, 1.82) is 0 Å². The molecule has 0 aromatic heterocycles. The molecule has 1 saturated carbocycles. The van der Waals surface area contributed by atoms with Crippen molar-refractivity contribution in [3.63, 3.8) is 0 Å². The zero-order valence-electron chi connectivity index (χ0n) is 19.4. The fourth-order valence-corrected chi connectivity index (χ4v) is 5.39. The van der Waals surface area contributed by atoms with Crippen molar-refractivity contribution in [3.05, 3.63) is 59.7 Å². The van der Waals surface area contributed by atoms with Crippen LogP contribution in [0.1, 0.15) is 36.3 Å². The average Bonchev–Trinajstić information content (AvgIpc) is 3.41. The quantitative estimate of drug-likeness (QED) is 0.537. The van der Waals surface area contributed by atoms with Gasteiger partial charge in [-0.2, -0.15) is 0 Å². The van der Waals surface area contributed by atoms with E-state index in [9.17, 15) is 19.5 Å². The number of carboxylic acid groups (broad SMARTS) is 1. The molecule has 8 nitrogen and oxygen atoms in total. The summed E-state index contributed by atoms with van der Waals surface area (Å²) in [6.45, 7) is 0.630. The Hall–Kier alpha value is -3.39. The van der Waals surface area contributed by atoms with Crippen LogP contribution < -0.4 is 10.6 Å². The molecule has 3 unspecified atom stereocenters. The van der Waals surface area contributed by atoms with Gasteiger partial charge in [0.25, 0.3) is 0 Å². The summed E-state index contributed by atoms with van der Waals surface area (Å²) >= 11 is 0. The Bertz CT molecular complexity index is 1070. The van der Waals surface area contributed by atoms with E-state index in [2.05, 4.69) is 34.9 Å². The Morgan fingerprint density at radius 2 is 1.66 bits per heavy atom. The third-order valence-corrected chi connectivity index (χ3v) is 7.59. The first-order chi connectivity index (χ1) is 17.0. The number of benzene rings is 2. The fourth-order valence-electron chi connectivity index (χ4n) is 5.39. The van der Waals surface area contributed by atoms with Gasteiger partial charge in [0.2, 0.25) is 5.91 Å². The third-order valence-electron chi connectivity index (χ3n) is 7.59. The molecule has 2 aromatic rings. The number of amides is 2. The number of carbonyl (C=O) groups excluding carboxylic acids is 2. The van der Waals surface area contributed by atoms with Crippen molar-refractivity contribution in [2.75, 3.05) is 26.4 Å². The molecule has 184 valence electrons. The molecule has 2 aliphatic carbocycles. The standard InChI is InChI=1S/C27H30N2O6/c30-25(29-24-15-34-13-23(24)26(31)32)21(16-6-5-7-16)12-28-27(33)35-14-22-19-10-3-1-8-17(19)18-9-2-4-11-20(18)22/h1-4,8-11,16,21-24H,5-7,12-15H2,(H,28,33)(H,29,30)(H,31,32). The number of nitrogens with one attached hydrogen (secondary N) is 2. The maximum atomic E-state index is 13.0. The summed E-state index contributed by atoms with van der Waals surface area (Å²) in [5, 5.41) is 15.0. The Morgan fingerprint density at radius 3 is 2.26 bits per heavy atom. The van der Waals surface area contributed by atoms with Gasteiger partial charge >= 0.3 is 12.1 Å². The lowest BCUT2D eigenvalue weighted by atomic mass is 9.75. The highest BCUT2D eigenvalue weighted by Crippen LogP contribution is 2.44. The lowest BCUT2D eigenvalue weighted by Gasteiger charge is -2.33. The van der Waals surface area contributed by atoms with Gasteiger partial charge < -0.3 is 25.2 Å². The second-order valence-corrected chi connectivity index (χ2v) is 9.60. The van der Waals surface area contributed by atoms with Crippen LogP contribution in [0.25, 0.3) is 11.1 Å². The molecule has 0 spiro atoms. The number of fused-ring (bicyclic) bond motifs is 3. The number of aliphatic carboxylic acids is 1. The summed E-state index contributed by atoms with van der Waals surface area (Å²) in [6.07, 6.45) is 2.31. The minimum absolute atomic E-state index is 0.0332. The molecule has 1 aliphatic heterocycles. The molecule has 0 bridgehead atoms. The van der Waals surface area contributed by atoms with Crippen LogP contribution in [0.2, 0.25) is 0 Å². The molecule has 1 heterocycles. The maximum Gasteiger partial charge on any atom is 0.407 e. The van der Waals surface area contributed by atoms with Gasteiger partial charge in [-0.1, -0.05) is 55.0 Å². The first kappa shape index (κ1) is 23.4. The largest absolute Gasteiger partial charge is 0.481 e. The van der Waals surface area contributed by atoms with Gasteiger partial charge in [0.05, 0.1) is 25.2 Å². The van der Waals surface area contributed by atoms with Gasteiger partial charge in [-0.05, 0) is 41.0 Å². The van der Waals surface area contributed by atoms with Crippen LogP contribution in [0.3, 0.4) is 0 Å². The van der Waals surface area contributed by atoms with Crippen molar-refractivity contribution in [2.24, 2.45) is 17.8 Å². The summed E-state index contributed by atoms with van der Waals surface area (Å²) < 4.78 is 10.9. The molecule has 2 amide bonds. The second-order valence-electron chi connectivity index (χ2n) is 9.60.